The van der Waals surface area contributed by atoms with E-state index in [0.717, 1.165) is 6.42 Å². The van der Waals surface area contributed by atoms with E-state index in [9.17, 15) is 0 Å². The predicted octanol–water partition coefficient (Wildman–Crippen LogP) is 2.43. The first kappa shape index (κ1) is 9.73. The monoisotopic (exact) mass is 374 g/mol. The van der Waals surface area contributed by atoms with Gasteiger partial charge in [-0.3, -0.25) is 0 Å². The van der Waals surface area contributed by atoms with Crippen LogP contribution in [0.1, 0.15) is 5.56 Å². The topological polar surface area (TPSA) is 20.2 Å². The highest BCUT2D eigenvalue weighted by Crippen LogP contribution is 2.16. The van der Waals surface area contributed by atoms with Gasteiger partial charge in [0, 0.05) is 13.7 Å². The van der Waals surface area contributed by atoms with E-state index >= 15 is 0 Å². The van der Waals surface area contributed by atoms with E-state index in [2.05, 4.69) is 63.4 Å². The molecule has 0 spiro atoms. The maximum Gasteiger partial charge on any atom is 0.0471 e. The summed E-state index contributed by atoms with van der Waals surface area (Å²) in [6, 6.07) is 6.25. The van der Waals surface area contributed by atoms with Crippen molar-refractivity contribution >= 4 is 45.2 Å². The molecule has 0 fully saturated rings. The number of benzene rings is 1. The van der Waals surface area contributed by atoms with Gasteiger partial charge in [0.15, 0.2) is 0 Å². The summed E-state index contributed by atoms with van der Waals surface area (Å²) in [6.45, 7) is 0.233. The Balaban J connectivity index is 2.90. The van der Waals surface area contributed by atoms with Crippen LogP contribution in [-0.4, -0.2) is 11.7 Å². The fourth-order valence-electron chi connectivity index (χ4n) is 0.845. The van der Waals surface area contributed by atoms with Gasteiger partial charge in [0.25, 0.3) is 0 Å². The molecule has 1 N–H and O–H groups in total. The number of hydrogen-bond donors (Lipinski definition) is 1. The second kappa shape index (κ2) is 4.61. The maximum absolute atomic E-state index is 8.71. The van der Waals surface area contributed by atoms with E-state index in [0.29, 0.717) is 0 Å². The van der Waals surface area contributed by atoms with E-state index in [4.69, 9.17) is 5.11 Å². The van der Waals surface area contributed by atoms with Gasteiger partial charge in [-0.15, -0.1) is 0 Å². The summed E-state index contributed by atoms with van der Waals surface area (Å²) in [5.41, 5.74) is 1.23. The Bertz CT molecular complexity index is 248. The second-order valence-corrected chi connectivity index (χ2v) is 4.62. The lowest BCUT2D eigenvalue weighted by Crippen LogP contribution is -1.93. The molecule has 60 valence electrons. The molecular formula is C8H8I2O. The molecule has 0 aliphatic carbocycles. The molecule has 0 saturated carbocycles. The summed E-state index contributed by atoms with van der Waals surface area (Å²) in [5.74, 6) is 0. The van der Waals surface area contributed by atoms with Crippen LogP contribution in [0.5, 0.6) is 0 Å². The van der Waals surface area contributed by atoms with Crippen LogP contribution in [0.4, 0.5) is 0 Å². The van der Waals surface area contributed by atoms with Crippen molar-refractivity contribution in [3.63, 3.8) is 0 Å². The molecule has 0 aromatic heterocycles. The summed E-state index contributed by atoms with van der Waals surface area (Å²) in [5, 5.41) is 8.71. The number of aliphatic hydroxyl groups is 1. The Hall–Kier alpha value is 0.640. The third-order valence-electron chi connectivity index (χ3n) is 1.40. The Morgan fingerprint density at radius 2 is 2.00 bits per heavy atom. The molecule has 3 heteroatoms. The molecule has 0 aliphatic heterocycles. The molecule has 0 unspecified atom stereocenters. The molecule has 1 aromatic carbocycles. The maximum atomic E-state index is 8.71. The van der Waals surface area contributed by atoms with E-state index in [-0.39, 0.29) is 6.61 Å². The van der Waals surface area contributed by atoms with Crippen molar-refractivity contribution in [1.82, 2.24) is 0 Å². The van der Waals surface area contributed by atoms with E-state index in [1.54, 1.807) is 0 Å². The summed E-state index contributed by atoms with van der Waals surface area (Å²) >= 11 is 4.58. The van der Waals surface area contributed by atoms with Gasteiger partial charge >= 0.3 is 0 Å². The molecular weight excluding hydrogens is 366 g/mol. The Kier molecular flexibility index (Phi) is 4.08. The molecule has 11 heavy (non-hydrogen) atoms. The second-order valence-electron chi connectivity index (χ2n) is 2.21. The molecule has 1 nitrogen and oxygen atoms in total. The van der Waals surface area contributed by atoms with Crippen molar-refractivity contribution < 1.29 is 5.11 Å². The van der Waals surface area contributed by atoms with Crippen molar-refractivity contribution in [2.75, 3.05) is 6.61 Å². The number of rotatable bonds is 2. The van der Waals surface area contributed by atoms with E-state index in [1.165, 1.54) is 12.7 Å². The number of aliphatic hydroxyl groups excluding tert-OH is 1. The lowest BCUT2D eigenvalue weighted by Gasteiger charge is -2.01. The van der Waals surface area contributed by atoms with E-state index in [1.807, 2.05) is 0 Å². The van der Waals surface area contributed by atoms with Crippen LogP contribution in [0.2, 0.25) is 0 Å². The first-order valence-corrected chi connectivity index (χ1v) is 5.44. The molecule has 0 bridgehead atoms. The van der Waals surface area contributed by atoms with Crippen molar-refractivity contribution in [3.8, 4) is 0 Å². The standard InChI is InChI=1S/C8H8I2O/c9-7-2-1-6(3-4-11)8(10)5-7/h1-2,5,11H,3-4H2. The van der Waals surface area contributed by atoms with Gasteiger partial charge in [-0.05, 0) is 69.3 Å². The van der Waals surface area contributed by atoms with Gasteiger partial charge in [0.05, 0.1) is 0 Å². The normalized spacial score (nSPS) is 10.1. The minimum absolute atomic E-state index is 0.233. The largest absolute Gasteiger partial charge is 0.396 e. The van der Waals surface area contributed by atoms with Crippen LogP contribution in [0.25, 0.3) is 0 Å². The van der Waals surface area contributed by atoms with Crippen LogP contribution in [0.15, 0.2) is 18.2 Å². The summed E-state index contributed by atoms with van der Waals surface area (Å²) < 4.78 is 2.48. The minimum atomic E-state index is 0.233. The molecule has 0 atom stereocenters. The van der Waals surface area contributed by atoms with Crippen molar-refractivity contribution in [2.45, 2.75) is 6.42 Å². The first-order chi connectivity index (χ1) is 5.24. The molecule has 1 rings (SSSR count). The highest BCUT2D eigenvalue weighted by atomic mass is 127. The number of halogens is 2. The fourth-order valence-corrected chi connectivity index (χ4v) is 2.72. The van der Waals surface area contributed by atoms with Gasteiger partial charge in [-0.25, -0.2) is 0 Å². The van der Waals surface area contributed by atoms with Crippen LogP contribution in [-0.2, 0) is 6.42 Å². The molecule has 0 amide bonds. The highest BCUT2D eigenvalue weighted by molar-refractivity contribution is 14.1. The lowest BCUT2D eigenvalue weighted by atomic mass is 10.2. The smallest absolute Gasteiger partial charge is 0.0471 e. The van der Waals surface area contributed by atoms with E-state index < -0.39 is 0 Å². The lowest BCUT2D eigenvalue weighted by molar-refractivity contribution is 0.299. The zero-order chi connectivity index (χ0) is 8.27. The van der Waals surface area contributed by atoms with Crippen LogP contribution in [0, 0.1) is 7.14 Å². The zero-order valence-corrected chi connectivity index (χ0v) is 10.2. The van der Waals surface area contributed by atoms with Gasteiger partial charge in [0.2, 0.25) is 0 Å². The Morgan fingerprint density at radius 1 is 1.27 bits per heavy atom. The molecule has 0 heterocycles. The SMILES string of the molecule is OCCc1ccc(I)cc1I. The quantitative estimate of drug-likeness (QED) is 0.789. The van der Waals surface area contributed by atoms with Gasteiger partial charge < -0.3 is 5.11 Å². The van der Waals surface area contributed by atoms with Crippen LogP contribution < -0.4 is 0 Å². The predicted molar refractivity (Wildman–Crippen MR) is 62.7 cm³/mol. The van der Waals surface area contributed by atoms with Gasteiger partial charge in [-0.1, -0.05) is 6.07 Å². The van der Waals surface area contributed by atoms with Crippen LogP contribution >= 0.6 is 45.2 Å². The Morgan fingerprint density at radius 3 is 2.55 bits per heavy atom. The summed E-state index contributed by atoms with van der Waals surface area (Å²) in [7, 11) is 0. The molecule has 0 saturated heterocycles. The third kappa shape index (κ3) is 2.87. The third-order valence-corrected chi connectivity index (χ3v) is 3.07. The molecule has 0 aliphatic rings. The minimum Gasteiger partial charge on any atom is -0.396 e. The van der Waals surface area contributed by atoms with Crippen molar-refractivity contribution in [3.05, 3.63) is 30.9 Å². The first-order valence-electron chi connectivity index (χ1n) is 3.29. The van der Waals surface area contributed by atoms with Gasteiger partial charge in [-0.2, -0.15) is 0 Å². The van der Waals surface area contributed by atoms with Crippen molar-refractivity contribution in [2.24, 2.45) is 0 Å². The average Bonchev–Trinajstić information content (AvgIpc) is 1.95. The fraction of sp³-hybridized carbons (Fsp3) is 0.250. The molecule has 0 radical (unpaired) electrons. The molecule has 1 aromatic rings. The van der Waals surface area contributed by atoms with Crippen LogP contribution in [0.3, 0.4) is 0 Å². The zero-order valence-electron chi connectivity index (χ0n) is 5.85. The average molecular weight is 374 g/mol. The Labute approximate surface area is 93.5 Å². The highest BCUT2D eigenvalue weighted by Gasteiger charge is 1.98. The van der Waals surface area contributed by atoms with Crippen molar-refractivity contribution in [1.29, 1.82) is 0 Å². The summed E-state index contributed by atoms with van der Waals surface area (Å²) in [6.07, 6.45) is 0.759. The number of hydrogen-bond acceptors (Lipinski definition) is 1. The summed E-state index contributed by atoms with van der Waals surface area (Å²) in [4.78, 5) is 0. The van der Waals surface area contributed by atoms with Gasteiger partial charge in [0.1, 0.15) is 0 Å².